The minimum absolute atomic E-state index is 0.0521. The zero-order chi connectivity index (χ0) is 14.6. The molecule has 0 aromatic heterocycles. The van der Waals surface area contributed by atoms with Crippen molar-refractivity contribution in [1.29, 1.82) is 0 Å². The molecule has 0 aromatic rings. The summed E-state index contributed by atoms with van der Waals surface area (Å²) < 4.78 is 0. The number of aliphatic carboxylic acids is 1. The first-order valence-corrected chi connectivity index (χ1v) is 7.33. The van der Waals surface area contributed by atoms with Crippen LogP contribution in [-0.4, -0.2) is 52.0 Å². The molecule has 0 aromatic carbocycles. The number of carbonyl (C=O) groups is 3. The van der Waals surface area contributed by atoms with Gasteiger partial charge >= 0.3 is 5.97 Å². The summed E-state index contributed by atoms with van der Waals surface area (Å²) in [7, 11) is 0. The molecule has 1 rings (SSSR count). The highest BCUT2D eigenvalue weighted by molar-refractivity contribution is 7.99. The molecular formula is C12H20N2O4S. The van der Waals surface area contributed by atoms with Crippen molar-refractivity contribution in [3.63, 3.8) is 0 Å². The molecule has 0 saturated carbocycles. The van der Waals surface area contributed by atoms with Crippen LogP contribution < -0.4 is 5.32 Å². The van der Waals surface area contributed by atoms with Crippen molar-refractivity contribution in [1.82, 2.24) is 10.2 Å². The van der Waals surface area contributed by atoms with Crippen LogP contribution in [0.5, 0.6) is 0 Å². The fraction of sp³-hybridized carbons (Fsp3) is 0.750. The van der Waals surface area contributed by atoms with Crippen LogP contribution in [0.25, 0.3) is 0 Å². The summed E-state index contributed by atoms with van der Waals surface area (Å²) in [5.74, 6) is -0.211. The first kappa shape index (κ1) is 15.8. The van der Waals surface area contributed by atoms with E-state index in [4.69, 9.17) is 5.11 Å². The van der Waals surface area contributed by atoms with Crippen molar-refractivity contribution in [2.24, 2.45) is 5.41 Å². The molecule has 2 N–H and O–H groups in total. The van der Waals surface area contributed by atoms with E-state index in [9.17, 15) is 14.4 Å². The van der Waals surface area contributed by atoms with Gasteiger partial charge in [0.1, 0.15) is 6.04 Å². The number of carboxylic acids is 1. The molecule has 1 unspecified atom stereocenters. The summed E-state index contributed by atoms with van der Waals surface area (Å²) in [6.07, 6.45) is 0.366. The normalized spacial score (nSPS) is 19.3. The van der Waals surface area contributed by atoms with Gasteiger partial charge in [0.15, 0.2) is 0 Å². The van der Waals surface area contributed by atoms with Crippen molar-refractivity contribution >= 4 is 29.5 Å². The third-order valence-electron chi connectivity index (χ3n) is 3.09. The van der Waals surface area contributed by atoms with Gasteiger partial charge in [0.05, 0.1) is 11.3 Å². The largest absolute Gasteiger partial charge is 0.481 e. The van der Waals surface area contributed by atoms with Gasteiger partial charge in [-0.1, -0.05) is 6.92 Å². The molecule has 1 fully saturated rings. The van der Waals surface area contributed by atoms with Crippen molar-refractivity contribution < 1.29 is 19.5 Å². The van der Waals surface area contributed by atoms with E-state index in [1.54, 1.807) is 25.7 Å². The Kier molecular flexibility index (Phi) is 5.22. The second-order valence-corrected chi connectivity index (χ2v) is 6.14. The van der Waals surface area contributed by atoms with Gasteiger partial charge in [-0.2, -0.15) is 0 Å². The van der Waals surface area contributed by atoms with E-state index < -0.39 is 17.4 Å². The summed E-state index contributed by atoms with van der Waals surface area (Å²) in [6.45, 7) is 4.91. The van der Waals surface area contributed by atoms with Crippen LogP contribution in [0.2, 0.25) is 0 Å². The lowest BCUT2D eigenvalue weighted by Gasteiger charge is -2.25. The summed E-state index contributed by atoms with van der Waals surface area (Å²) in [5, 5.41) is 11.6. The van der Waals surface area contributed by atoms with E-state index >= 15 is 0 Å². The Balaban J connectivity index is 2.58. The second-order valence-electron chi connectivity index (χ2n) is 5.14. The molecular weight excluding hydrogens is 268 g/mol. The molecule has 19 heavy (non-hydrogen) atoms. The average molecular weight is 288 g/mol. The molecule has 6 nitrogen and oxygen atoms in total. The monoisotopic (exact) mass is 288 g/mol. The SMILES string of the molecule is CCC(=O)N1CSCC1C(=O)NCC(C)(C)C(=O)O. The third kappa shape index (κ3) is 3.86. The lowest BCUT2D eigenvalue weighted by molar-refractivity contribution is -0.147. The summed E-state index contributed by atoms with van der Waals surface area (Å²) in [5.41, 5.74) is -1.01. The van der Waals surface area contributed by atoms with Gasteiger partial charge in [-0.15, -0.1) is 11.8 Å². The molecule has 108 valence electrons. The fourth-order valence-corrected chi connectivity index (χ4v) is 2.79. The fourth-order valence-electron chi connectivity index (χ4n) is 1.61. The van der Waals surface area contributed by atoms with Crippen LogP contribution in [0.3, 0.4) is 0 Å². The Hall–Kier alpha value is -1.24. The van der Waals surface area contributed by atoms with Crippen LogP contribution in [0.15, 0.2) is 0 Å². The zero-order valence-corrected chi connectivity index (χ0v) is 12.2. The van der Waals surface area contributed by atoms with Gasteiger partial charge in [-0.3, -0.25) is 14.4 Å². The van der Waals surface area contributed by atoms with Gasteiger partial charge in [-0.05, 0) is 13.8 Å². The predicted octanol–water partition coefficient (Wildman–Crippen LogP) is 0.525. The molecule has 1 aliphatic rings. The van der Waals surface area contributed by atoms with Crippen LogP contribution in [-0.2, 0) is 14.4 Å². The number of rotatable bonds is 5. The van der Waals surface area contributed by atoms with Gasteiger partial charge in [0.25, 0.3) is 0 Å². The molecule has 7 heteroatoms. The first-order chi connectivity index (χ1) is 8.79. The lowest BCUT2D eigenvalue weighted by atomic mass is 9.94. The Morgan fingerprint density at radius 2 is 2.05 bits per heavy atom. The average Bonchev–Trinajstić information content (AvgIpc) is 2.84. The summed E-state index contributed by atoms with van der Waals surface area (Å²) in [6, 6.07) is -0.484. The predicted molar refractivity (Wildman–Crippen MR) is 72.7 cm³/mol. The van der Waals surface area contributed by atoms with E-state index in [-0.39, 0.29) is 18.4 Å². The van der Waals surface area contributed by atoms with E-state index in [2.05, 4.69) is 5.32 Å². The highest BCUT2D eigenvalue weighted by Crippen LogP contribution is 2.22. The van der Waals surface area contributed by atoms with Crippen LogP contribution in [0, 0.1) is 5.41 Å². The molecule has 1 heterocycles. The summed E-state index contributed by atoms with van der Waals surface area (Å²) in [4.78, 5) is 36.2. The van der Waals surface area contributed by atoms with Crippen molar-refractivity contribution in [2.45, 2.75) is 33.2 Å². The number of amides is 2. The molecule has 0 spiro atoms. The molecule has 1 aliphatic heterocycles. The van der Waals surface area contributed by atoms with Crippen LogP contribution >= 0.6 is 11.8 Å². The summed E-state index contributed by atoms with van der Waals surface area (Å²) >= 11 is 1.53. The van der Waals surface area contributed by atoms with Crippen molar-refractivity contribution in [3.8, 4) is 0 Å². The third-order valence-corrected chi connectivity index (χ3v) is 4.10. The Labute approximate surface area is 116 Å². The number of nitrogens with one attached hydrogen (secondary N) is 1. The Morgan fingerprint density at radius 1 is 1.42 bits per heavy atom. The smallest absolute Gasteiger partial charge is 0.310 e. The second kappa shape index (κ2) is 6.27. The maximum Gasteiger partial charge on any atom is 0.310 e. The van der Waals surface area contributed by atoms with Crippen LogP contribution in [0.4, 0.5) is 0 Å². The standard InChI is InChI=1S/C12H20N2O4S/c1-4-9(15)14-7-19-5-8(14)10(16)13-6-12(2,3)11(17)18/h8H,4-7H2,1-3H3,(H,13,16)(H,17,18). The highest BCUT2D eigenvalue weighted by atomic mass is 32.2. The minimum atomic E-state index is -1.01. The molecule has 1 atom stereocenters. The zero-order valence-electron chi connectivity index (χ0n) is 11.4. The highest BCUT2D eigenvalue weighted by Gasteiger charge is 2.35. The van der Waals surface area contributed by atoms with Crippen LogP contribution in [0.1, 0.15) is 27.2 Å². The maximum atomic E-state index is 12.0. The van der Waals surface area contributed by atoms with E-state index in [0.29, 0.717) is 18.1 Å². The van der Waals surface area contributed by atoms with Gasteiger partial charge < -0.3 is 15.3 Å². The Morgan fingerprint density at radius 3 is 2.58 bits per heavy atom. The number of nitrogens with zero attached hydrogens (tertiary/aromatic N) is 1. The number of hydrogen-bond donors (Lipinski definition) is 2. The Bertz CT molecular complexity index is 384. The first-order valence-electron chi connectivity index (χ1n) is 6.18. The molecule has 0 bridgehead atoms. The molecule has 2 amide bonds. The molecule has 1 saturated heterocycles. The van der Waals surface area contributed by atoms with Gasteiger partial charge in [0, 0.05) is 18.7 Å². The quantitative estimate of drug-likeness (QED) is 0.770. The van der Waals surface area contributed by atoms with E-state index in [1.807, 2.05) is 0 Å². The molecule has 0 radical (unpaired) electrons. The van der Waals surface area contributed by atoms with Crippen molar-refractivity contribution in [3.05, 3.63) is 0 Å². The van der Waals surface area contributed by atoms with Crippen molar-refractivity contribution in [2.75, 3.05) is 18.2 Å². The van der Waals surface area contributed by atoms with E-state index in [0.717, 1.165) is 0 Å². The topological polar surface area (TPSA) is 86.7 Å². The number of thioether (sulfide) groups is 1. The molecule has 0 aliphatic carbocycles. The van der Waals surface area contributed by atoms with Gasteiger partial charge in [0.2, 0.25) is 11.8 Å². The van der Waals surface area contributed by atoms with E-state index in [1.165, 1.54) is 11.8 Å². The number of hydrogen-bond acceptors (Lipinski definition) is 4. The lowest BCUT2D eigenvalue weighted by Crippen LogP contribution is -2.49. The number of carboxylic acid groups (broad SMARTS) is 1. The minimum Gasteiger partial charge on any atom is -0.481 e. The maximum absolute atomic E-state index is 12.0. The number of carbonyl (C=O) groups excluding carboxylic acids is 2. The van der Waals surface area contributed by atoms with Gasteiger partial charge in [-0.25, -0.2) is 0 Å².